The molecule has 0 unspecified atom stereocenters. The summed E-state index contributed by atoms with van der Waals surface area (Å²) < 4.78 is 10.4. The number of methoxy groups -OCH3 is 1. The first kappa shape index (κ1) is 18.9. The third-order valence-corrected chi connectivity index (χ3v) is 3.77. The van der Waals surface area contributed by atoms with Crippen molar-refractivity contribution in [1.29, 1.82) is 0 Å². The van der Waals surface area contributed by atoms with Crippen molar-refractivity contribution in [2.75, 3.05) is 25.5 Å². The second-order valence-corrected chi connectivity index (χ2v) is 7.09. The first-order valence-electron chi connectivity index (χ1n) is 8.46. The molecule has 1 aromatic carbocycles. The van der Waals surface area contributed by atoms with E-state index in [0.717, 1.165) is 18.6 Å². The van der Waals surface area contributed by atoms with Gasteiger partial charge in [-0.2, -0.15) is 0 Å². The molecule has 3 amide bonds. The number of amides is 3. The van der Waals surface area contributed by atoms with E-state index in [1.165, 1.54) is 0 Å². The van der Waals surface area contributed by atoms with Crippen molar-refractivity contribution in [1.82, 2.24) is 10.2 Å². The smallest absolute Gasteiger partial charge is 0.407 e. The van der Waals surface area contributed by atoms with Crippen molar-refractivity contribution < 1.29 is 19.1 Å². The zero-order chi connectivity index (χ0) is 18.4. The Kier molecular flexibility index (Phi) is 6.12. The van der Waals surface area contributed by atoms with Gasteiger partial charge in [0.1, 0.15) is 11.4 Å². The Labute approximate surface area is 148 Å². The summed E-state index contributed by atoms with van der Waals surface area (Å²) in [6.45, 7) is 6.59. The minimum Gasteiger partial charge on any atom is -0.497 e. The standard InChI is InChI=1S/C18H27N3O4/c1-18(2,3)25-17(23)20-14-6-5-11-21(12-14)16(22)19-13-7-9-15(24-4)10-8-13/h7-10,14H,5-6,11-12H2,1-4H3,(H,19,22)(H,20,23)/t14-/m0/s1. The molecule has 0 radical (unpaired) electrons. The van der Waals surface area contributed by atoms with Gasteiger partial charge in [0.15, 0.2) is 0 Å². The number of alkyl carbamates (subject to hydrolysis) is 1. The van der Waals surface area contributed by atoms with Gasteiger partial charge in [0, 0.05) is 24.8 Å². The fourth-order valence-corrected chi connectivity index (χ4v) is 2.63. The van der Waals surface area contributed by atoms with E-state index in [0.29, 0.717) is 18.8 Å². The Hall–Kier alpha value is -2.44. The van der Waals surface area contributed by atoms with E-state index >= 15 is 0 Å². The predicted molar refractivity (Wildman–Crippen MR) is 96.0 cm³/mol. The summed E-state index contributed by atoms with van der Waals surface area (Å²) in [6.07, 6.45) is 1.21. The molecule has 0 spiro atoms. The molecular weight excluding hydrogens is 322 g/mol. The molecule has 1 aliphatic heterocycles. The number of piperidine rings is 1. The fourth-order valence-electron chi connectivity index (χ4n) is 2.63. The summed E-state index contributed by atoms with van der Waals surface area (Å²) in [5.41, 5.74) is 0.164. The zero-order valence-corrected chi connectivity index (χ0v) is 15.3. The van der Waals surface area contributed by atoms with Gasteiger partial charge in [-0.15, -0.1) is 0 Å². The molecule has 1 aliphatic rings. The second-order valence-electron chi connectivity index (χ2n) is 7.09. The van der Waals surface area contributed by atoms with E-state index in [-0.39, 0.29) is 12.1 Å². The van der Waals surface area contributed by atoms with E-state index in [1.54, 1.807) is 36.3 Å². The second kappa shape index (κ2) is 8.09. The number of hydrogen-bond donors (Lipinski definition) is 2. The quantitative estimate of drug-likeness (QED) is 0.878. The number of urea groups is 1. The van der Waals surface area contributed by atoms with Gasteiger partial charge in [0.25, 0.3) is 0 Å². The van der Waals surface area contributed by atoms with Crippen LogP contribution in [0.15, 0.2) is 24.3 Å². The lowest BCUT2D eigenvalue weighted by Crippen LogP contribution is -2.51. The molecule has 7 nitrogen and oxygen atoms in total. The predicted octanol–water partition coefficient (Wildman–Crippen LogP) is 3.22. The molecule has 2 N–H and O–H groups in total. The largest absolute Gasteiger partial charge is 0.497 e. The number of nitrogens with zero attached hydrogens (tertiary/aromatic N) is 1. The van der Waals surface area contributed by atoms with Crippen LogP contribution in [0, 0.1) is 0 Å². The molecule has 0 saturated carbocycles. The van der Waals surface area contributed by atoms with Gasteiger partial charge in [-0.25, -0.2) is 9.59 Å². The van der Waals surface area contributed by atoms with E-state index in [2.05, 4.69) is 10.6 Å². The molecular formula is C18H27N3O4. The van der Waals surface area contributed by atoms with Crippen LogP contribution in [-0.4, -0.2) is 48.9 Å². The van der Waals surface area contributed by atoms with E-state index in [4.69, 9.17) is 9.47 Å². The topological polar surface area (TPSA) is 79.9 Å². The first-order chi connectivity index (χ1) is 11.8. The molecule has 0 aliphatic carbocycles. The van der Waals surface area contributed by atoms with Crippen LogP contribution in [0.25, 0.3) is 0 Å². The molecule has 2 rings (SSSR count). The summed E-state index contributed by atoms with van der Waals surface area (Å²) >= 11 is 0. The number of ether oxygens (including phenoxy) is 2. The van der Waals surface area contributed by atoms with Gasteiger partial charge in [-0.05, 0) is 57.9 Å². The average Bonchev–Trinajstić information content (AvgIpc) is 2.54. The van der Waals surface area contributed by atoms with Crippen molar-refractivity contribution >= 4 is 17.8 Å². The lowest BCUT2D eigenvalue weighted by molar-refractivity contribution is 0.0480. The molecule has 7 heteroatoms. The highest BCUT2D eigenvalue weighted by Gasteiger charge is 2.26. The fraction of sp³-hybridized carbons (Fsp3) is 0.556. The normalized spacial score (nSPS) is 17.6. The van der Waals surface area contributed by atoms with Gasteiger partial charge < -0.3 is 25.0 Å². The van der Waals surface area contributed by atoms with E-state index < -0.39 is 11.7 Å². The van der Waals surface area contributed by atoms with Crippen LogP contribution < -0.4 is 15.4 Å². The highest BCUT2D eigenvalue weighted by atomic mass is 16.6. The minimum absolute atomic E-state index is 0.106. The molecule has 0 bridgehead atoms. The van der Waals surface area contributed by atoms with Crippen molar-refractivity contribution in [2.45, 2.75) is 45.3 Å². The van der Waals surface area contributed by atoms with Crippen LogP contribution in [0.2, 0.25) is 0 Å². The highest BCUT2D eigenvalue weighted by Crippen LogP contribution is 2.17. The minimum atomic E-state index is -0.538. The lowest BCUT2D eigenvalue weighted by Gasteiger charge is -2.33. The highest BCUT2D eigenvalue weighted by molar-refractivity contribution is 5.89. The van der Waals surface area contributed by atoms with Crippen molar-refractivity contribution in [3.8, 4) is 5.75 Å². The number of hydrogen-bond acceptors (Lipinski definition) is 4. The summed E-state index contributed by atoms with van der Waals surface area (Å²) in [6, 6.07) is 6.87. The van der Waals surface area contributed by atoms with Crippen LogP contribution in [0.4, 0.5) is 15.3 Å². The Bertz CT molecular complexity index is 595. The SMILES string of the molecule is COc1ccc(NC(=O)N2CCC[C@H](NC(=O)OC(C)(C)C)C2)cc1. The number of carbonyl (C=O) groups excluding carboxylic acids is 2. The molecule has 1 heterocycles. The Balaban J connectivity index is 1.86. The number of nitrogens with one attached hydrogen (secondary N) is 2. The van der Waals surface area contributed by atoms with Gasteiger partial charge in [-0.3, -0.25) is 0 Å². The van der Waals surface area contributed by atoms with Crippen LogP contribution >= 0.6 is 0 Å². The van der Waals surface area contributed by atoms with E-state index in [1.807, 2.05) is 20.8 Å². The Morgan fingerprint density at radius 1 is 1.20 bits per heavy atom. The maximum atomic E-state index is 12.4. The van der Waals surface area contributed by atoms with Crippen LogP contribution in [-0.2, 0) is 4.74 Å². The van der Waals surface area contributed by atoms with Crippen LogP contribution in [0.3, 0.4) is 0 Å². The summed E-state index contributed by atoms with van der Waals surface area (Å²) in [7, 11) is 1.60. The average molecular weight is 349 g/mol. The molecule has 1 aromatic rings. The maximum absolute atomic E-state index is 12.4. The molecule has 0 aromatic heterocycles. The molecule has 1 saturated heterocycles. The van der Waals surface area contributed by atoms with Crippen molar-refractivity contribution in [2.24, 2.45) is 0 Å². The van der Waals surface area contributed by atoms with Gasteiger partial charge in [0.2, 0.25) is 0 Å². The third kappa shape index (κ3) is 6.17. The molecule has 1 fully saturated rings. The van der Waals surface area contributed by atoms with Crippen LogP contribution in [0.5, 0.6) is 5.75 Å². The molecule has 25 heavy (non-hydrogen) atoms. The third-order valence-electron chi connectivity index (χ3n) is 3.77. The van der Waals surface area contributed by atoms with E-state index in [9.17, 15) is 9.59 Å². The van der Waals surface area contributed by atoms with Gasteiger partial charge >= 0.3 is 12.1 Å². The van der Waals surface area contributed by atoms with Gasteiger partial charge in [0.05, 0.1) is 7.11 Å². The molecule has 138 valence electrons. The summed E-state index contributed by atoms with van der Waals surface area (Å²) in [5, 5.41) is 5.70. The summed E-state index contributed by atoms with van der Waals surface area (Å²) in [4.78, 5) is 26.0. The number of benzene rings is 1. The number of likely N-dealkylation sites (tertiary alicyclic amines) is 1. The zero-order valence-electron chi connectivity index (χ0n) is 15.3. The first-order valence-corrected chi connectivity index (χ1v) is 8.46. The summed E-state index contributed by atoms with van der Waals surface area (Å²) in [5.74, 6) is 0.734. The Morgan fingerprint density at radius 2 is 1.88 bits per heavy atom. The number of carbonyl (C=O) groups is 2. The van der Waals surface area contributed by atoms with Crippen molar-refractivity contribution in [3.63, 3.8) is 0 Å². The Morgan fingerprint density at radius 3 is 2.48 bits per heavy atom. The monoisotopic (exact) mass is 349 g/mol. The molecule has 1 atom stereocenters. The number of rotatable bonds is 3. The van der Waals surface area contributed by atoms with Crippen LogP contribution in [0.1, 0.15) is 33.6 Å². The van der Waals surface area contributed by atoms with Gasteiger partial charge in [-0.1, -0.05) is 0 Å². The number of anilines is 1. The lowest BCUT2D eigenvalue weighted by atomic mass is 10.1. The van der Waals surface area contributed by atoms with Crippen molar-refractivity contribution in [3.05, 3.63) is 24.3 Å². The maximum Gasteiger partial charge on any atom is 0.407 e.